The Hall–Kier alpha value is -2.64. The van der Waals surface area contributed by atoms with Crippen LogP contribution >= 0.6 is 0 Å². The van der Waals surface area contributed by atoms with Crippen LogP contribution in [-0.4, -0.2) is 67.0 Å². The molecule has 1 heterocycles. The summed E-state index contributed by atoms with van der Waals surface area (Å²) >= 11 is 0. The minimum Gasteiger partial charge on any atom is -0.450 e. The van der Waals surface area contributed by atoms with E-state index in [9.17, 15) is 18.8 Å². The quantitative estimate of drug-likeness (QED) is 0.768. The topological polar surface area (TPSA) is 79.0 Å². The lowest BCUT2D eigenvalue weighted by molar-refractivity contribution is -0.137. The van der Waals surface area contributed by atoms with Gasteiger partial charge in [-0.2, -0.15) is 0 Å². The highest BCUT2D eigenvalue weighted by Crippen LogP contribution is 2.06. The first-order chi connectivity index (χ1) is 12.5. The second-order valence-corrected chi connectivity index (χ2v) is 5.97. The van der Waals surface area contributed by atoms with Crippen LogP contribution in [0.15, 0.2) is 24.3 Å². The van der Waals surface area contributed by atoms with Crippen molar-refractivity contribution >= 4 is 17.9 Å². The van der Waals surface area contributed by atoms with E-state index >= 15 is 0 Å². The zero-order chi connectivity index (χ0) is 18.9. The van der Waals surface area contributed by atoms with Crippen molar-refractivity contribution in [3.63, 3.8) is 0 Å². The fourth-order valence-electron chi connectivity index (χ4n) is 2.66. The third-order valence-corrected chi connectivity index (χ3v) is 4.12. The second-order valence-electron chi connectivity index (χ2n) is 5.97. The highest BCUT2D eigenvalue weighted by atomic mass is 19.1. The Balaban J connectivity index is 1.66. The molecule has 0 aromatic heterocycles. The summed E-state index contributed by atoms with van der Waals surface area (Å²) in [5.74, 6) is -0.899. The summed E-state index contributed by atoms with van der Waals surface area (Å²) in [4.78, 5) is 38.8. The molecule has 0 saturated carbocycles. The molecule has 1 aliphatic rings. The molecule has 2 rings (SSSR count). The van der Waals surface area contributed by atoms with Crippen LogP contribution in [0.2, 0.25) is 0 Å². The number of hydrogen-bond donors (Lipinski definition) is 1. The number of ether oxygens (including phenoxy) is 1. The van der Waals surface area contributed by atoms with E-state index in [0.29, 0.717) is 45.8 Å². The predicted molar refractivity (Wildman–Crippen MR) is 92.9 cm³/mol. The fourth-order valence-corrected chi connectivity index (χ4v) is 2.66. The van der Waals surface area contributed by atoms with Crippen molar-refractivity contribution < 1.29 is 23.5 Å². The summed E-state index contributed by atoms with van der Waals surface area (Å²) in [6.45, 7) is 4.02. The second kappa shape index (κ2) is 9.74. The molecule has 1 aromatic carbocycles. The third-order valence-electron chi connectivity index (χ3n) is 4.12. The molecule has 0 aliphatic carbocycles. The Labute approximate surface area is 152 Å². The van der Waals surface area contributed by atoms with Crippen LogP contribution in [0.1, 0.15) is 18.9 Å². The number of carbonyl (C=O) groups excluding carboxylic acids is 3. The molecular formula is C18H24FN3O4. The van der Waals surface area contributed by atoms with Gasteiger partial charge in [-0.15, -0.1) is 0 Å². The number of nitrogens with zero attached hydrogens (tertiary/aromatic N) is 2. The molecule has 0 atom stereocenters. The number of nitrogens with one attached hydrogen (secondary N) is 1. The summed E-state index contributed by atoms with van der Waals surface area (Å²) in [6.07, 6.45) is -0.0283. The van der Waals surface area contributed by atoms with Crippen LogP contribution < -0.4 is 5.32 Å². The molecule has 1 aromatic rings. The number of rotatable bonds is 6. The lowest BCUT2D eigenvalue weighted by atomic mass is 10.1. The Morgan fingerprint density at radius 2 is 1.69 bits per heavy atom. The van der Waals surface area contributed by atoms with Gasteiger partial charge in [0.05, 0.1) is 6.61 Å². The van der Waals surface area contributed by atoms with Crippen LogP contribution in [0.25, 0.3) is 0 Å². The van der Waals surface area contributed by atoms with Crippen LogP contribution in [0.5, 0.6) is 0 Å². The number of benzene rings is 1. The zero-order valence-corrected chi connectivity index (χ0v) is 14.9. The van der Waals surface area contributed by atoms with E-state index < -0.39 is 0 Å². The average molecular weight is 365 g/mol. The van der Waals surface area contributed by atoms with E-state index in [1.807, 2.05) is 0 Å². The van der Waals surface area contributed by atoms with Gasteiger partial charge in [-0.1, -0.05) is 12.1 Å². The molecule has 0 radical (unpaired) electrons. The van der Waals surface area contributed by atoms with Gasteiger partial charge in [-0.05, 0) is 31.0 Å². The third kappa shape index (κ3) is 6.02. The molecule has 1 fully saturated rings. The molecule has 1 saturated heterocycles. The van der Waals surface area contributed by atoms with Gasteiger partial charge in [0.15, 0.2) is 0 Å². The van der Waals surface area contributed by atoms with Crippen LogP contribution in [-0.2, 0) is 20.7 Å². The maximum absolute atomic E-state index is 12.8. The SMILES string of the molecule is CCOC(=O)N1CCN(C(=O)CC(=O)NCCc2ccc(F)cc2)CC1. The molecule has 0 unspecified atom stereocenters. The van der Waals surface area contributed by atoms with E-state index in [4.69, 9.17) is 4.74 Å². The number of halogens is 1. The average Bonchev–Trinajstić information content (AvgIpc) is 2.63. The van der Waals surface area contributed by atoms with Crippen LogP contribution in [0, 0.1) is 5.82 Å². The van der Waals surface area contributed by atoms with Crippen molar-refractivity contribution in [3.05, 3.63) is 35.6 Å². The standard InChI is InChI=1S/C18H24FN3O4/c1-2-26-18(25)22-11-9-21(10-12-22)17(24)13-16(23)20-8-7-14-3-5-15(19)6-4-14/h3-6H,2,7-13H2,1H3,(H,20,23). The van der Waals surface area contributed by atoms with Gasteiger partial charge in [-0.3, -0.25) is 9.59 Å². The van der Waals surface area contributed by atoms with Gasteiger partial charge in [-0.25, -0.2) is 9.18 Å². The Bertz CT molecular complexity index is 628. The van der Waals surface area contributed by atoms with Gasteiger partial charge in [0.1, 0.15) is 12.2 Å². The maximum atomic E-state index is 12.8. The minimum absolute atomic E-state index is 0.219. The fraction of sp³-hybridized carbons (Fsp3) is 0.500. The first-order valence-electron chi connectivity index (χ1n) is 8.70. The lowest BCUT2D eigenvalue weighted by Gasteiger charge is -2.34. The van der Waals surface area contributed by atoms with Gasteiger partial charge in [0.2, 0.25) is 11.8 Å². The van der Waals surface area contributed by atoms with Gasteiger partial charge in [0, 0.05) is 32.7 Å². The van der Waals surface area contributed by atoms with Crippen molar-refractivity contribution in [3.8, 4) is 0 Å². The van der Waals surface area contributed by atoms with Crippen molar-refractivity contribution in [2.75, 3.05) is 39.3 Å². The smallest absolute Gasteiger partial charge is 0.409 e. The molecular weight excluding hydrogens is 341 g/mol. The molecule has 8 heteroatoms. The summed E-state index contributed by atoms with van der Waals surface area (Å²) in [6, 6.07) is 6.07. The minimum atomic E-state index is -0.377. The first kappa shape index (κ1) is 19.7. The highest BCUT2D eigenvalue weighted by molar-refractivity contribution is 5.96. The van der Waals surface area contributed by atoms with E-state index in [1.165, 1.54) is 12.1 Å². The molecule has 142 valence electrons. The molecule has 7 nitrogen and oxygen atoms in total. The van der Waals surface area contributed by atoms with E-state index in [-0.39, 0.29) is 30.1 Å². The van der Waals surface area contributed by atoms with Crippen molar-refractivity contribution in [1.82, 2.24) is 15.1 Å². The van der Waals surface area contributed by atoms with Crippen molar-refractivity contribution in [1.29, 1.82) is 0 Å². The van der Waals surface area contributed by atoms with E-state index in [0.717, 1.165) is 5.56 Å². The van der Waals surface area contributed by atoms with E-state index in [2.05, 4.69) is 5.32 Å². The van der Waals surface area contributed by atoms with Gasteiger partial charge in [0.25, 0.3) is 0 Å². The van der Waals surface area contributed by atoms with Gasteiger partial charge < -0.3 is 19.9 Å². The Morgan fingerprint density at radius 1 is 1.08 bits per heavy atom. The van der Waals surface area contributed by atoms with Crippen LogP contribution in [0.3, 0.4) is 0 Å². The number of piperazine rings is 1. The van der Waals surface area contributed by atoms with Crippen molar-refractivity contribution in [2.45, 2.75) is 19.8 Å². The molecule has 26 heavy (non-hydrogen) atoms. The number of hydrogen-bond acceptors (Lipinski definition) is 4. The van der Waals surface area contributed by atoms with Gasteiger partial charge >= 0.3 is 6.09 Å². The summed E-state index contributed by atoms with van der Waals surface area (Å²) in [7, 11) is 0. The maximum Gasteiger partial charge on any atom is 0.409 e. The molecule has 0 bridgehead atoms. The Morgan fingerprint density at radius 3 is 2.31 bits per heavy atom. The van der Waals surface area contributed by atoms with Crippen molar-refractivity contribution in [2.24, 2.45) is 0 Å². The largest absolute Gasteiger partial charge is 0.450 e. The summed E-state index contributed by atoms with van der Waals surface area (Å²) < 4.78 is 17.8. The number of carbonyl (C=O) groups is 3. The molecule has 3 amide bonds. The summed E-state index contributed by atoms with van der Waals surface area (Å²) in [5, 5.41) is 2.69. The lowest BCUT2D eigenvalue weighted by Crippen LogP contribution is -2.51. The van der Waals surface area contributed by atoms with Crippen LogP contribution in [0.4, 0.5) is 9.18 Å². The highest BCUT2D eigenvalue weighted by Gasteiger charge is 2.25. The zero-order valence-electron chi connectivity index (χ0n) is 14.9. The first-order valence-corrected chi connectivity index (χ1v) is 8.70. The van der Waals surface area contributed by atoms with E-state index in [1.54, 1.807) is 28.9 Å². The normalized spacial score (nSPS) is 14.1. The molecule has 1 aliphatic heterocycles. The number of amides is 3. The summed E-state index contributed by atoms with van der Waals surface area (Å²) in [5.41, 5.74) is 0.910. The predicted octanol–water partition coefficient (Wildman–Crippen LogP) is 1.18. The monoisotopic (exact) mass is 365 g/mol. The Kier molecular flexibility index (Phi) is 7.37. The molecule has 0 spiro atoms. The molecule has 1 N–H and O–H groups in total.